The number of aliphatic hydroxyl groups is 1. The van der Waals surface area contributed by atoms with E-state index >= 15 is 0 Å². The van der Waals surface area contributed by atoms with Crippen LogP contribution in [0.2, 0.25) is 0 Å². The largest absolute Gasteiger partial charge is 0.489 e. The van der Waals surface area contributed by atoms with Gasteiger partial charge in [-0.15, -0.1) is 0 Å². The van der Waals surface area contributed by atoms with Crippen molar-refractivity contribution in [2.24, 2.45) is 0 Å². The normalized spacial score (nSPS) is 11.8. The van der Waals surface area contributed by atoms with E-state index in [4.69, 9.17) is 10.00 Å². The molecule has 0 radical (unpaired) electrons. The standard InChI is InChI=1S/C16H13BrFNO2/c1-10(20)14-7-13(17)3-5-16(14)21-9-11-2-4-15(18)12(6-11)8-19/h2-7,10,20H,9H2,1H3. The van der Waals surface area contributed by atoms with E-state index in [2.05, 4.69) is 15.9 Å². The molecule has 5 heteroatoms. The van der Waals surface area contributed by atoms with Crippen molar-refractivity contribution in [2.45, 2.75) is 19.6 Å². The molecule has 0 aromatic heterocycles. The average Bonchev–Trinajstić information content (AvgIpc) is 2.47. The Morgan fingerprint density at radius 3 is 2.76 bits per heavy atom. The summed E-state index contributed by atoms with van der Waals surface area (Å²) in [6, 6.07) is 11.4. The molecule has 0 aliphatic rings. The number of ether oxygens (including phenoxy) is 1. The first-order valence-electron chi connectivity index (χ1n) is 6.30. The number of hydrogen-bond acceptors (Lipinski definition) is 3. The lowest BCUT2D eigenvalue weighted by molar-refractivity contribution is 0.190. The number of rotatable bonds is 4. The molecule has 0 spiro atoms. The summed E-state index contributed by atoms with van der Waals surface area (Å²) < 4.78 is 19.8. The monoisotopic (exact) mass is 349 g/mol. The molecule has 0 bridgehead atoms. The van der Waals surface area contributed by atoms with Crippen LogP contribution < -0.4 is 4.74 Å². The molecule has 1 unspecified atom stereocenters. The van der Waals surface area contributed by atoms with Crippen molar-refractivity contribution in [1.29, 1.82) is 5.26 Å². The minimum atomic E-state index is -0.666. The van der Waals surface area contributed by atoms with Crippen LogP contribution in [0.3, 0.4) is 0 Å². The second-order valence-corrected chi connectivity index (χ2v) is 5.49. The third-order valence-corrected chi connectivity index (χ3v) is 3.46. The average molecular weight is 350 g/mol. The summed E-state index contributed by atoms with van der Waals surface area (Å²) in [7, 11) is 0. The molecule has 0 aliphatic carbocycles. The van der Waals surface area contributed by atoms with Crippen molar-refractivity contribution in [3.63, 3.8) is 0 Å². The SMILES string of the molecule is CC(O)c1cc(Br)ccc1OCc1ccc(F)c(C#N)c1. The highest BCUT2D eigenvalue weighted by atomic mass is 79.9. The van der Waals surface area contributed by atoms with E-state index in [1.165, 1.54) is 12.1 Å². The molecular formula is C16H13BrFNO2. The van der Waals surface area contributed by atoms with Crippen LogP contribution in [-0.4, -0.2) is 5.11 Å². The van der Waals surface area contributed by atoms with Gasteiger partial charge in [-0.2, -0.15) is 5.26 Å². The first kappa shape index (κ1) is 15.5. The predicted molar refractivity (Wildman–Crippen MR) is 80.2 cm³/mol. The molecule has 2 aromatic rings. The minimum Gasteiger partial charge on any atom is -0.489 e. The highest BCUT2D eigenvalue weighted by molar-refractivity contribution is 9.10. The van der Waals surface area contributed by atoms with Crippen LogP contribution in [0.1, 0.15) is 29.7 Å². The van der Waals surface area contributed by atoms with Gasteiger partial charge in [-0.05, 0) is 42.8 Å². The second kappa shape index (κ2) is 6.70. The molecule has 0 heterocycles. The highest BCUT2D eigenvalue weighted by Crippen LogP contribution is 2.29. The van der Waals surface area contributed by atoms with E-state index < -0.39 is 11.9 Å². The molecule has 0 saturated heterocycles. The summed E-state index contributed by atoms with van der Waals surface area (Å²) >= 11 is 3.34. The fraction of sp³-hybridized carbons (Fsp3) is 0.188. The fourth-order valence-electron chi connectivity index (χ4n) is 1.89. The zero-order chi connectivity index (χ0) is 15.4. The Morgan fingerprint density at radius 2 is 2.10 bits per heavy atom. The lowest BCUT2D eigenvalue weighted by Gasteiger charge is -2.14. The van der Waals surface area contributed by atoms with Crippen LogP contribution in [0.25, 0.3) is 0 Å². The minimum absolute atomic E-state index is 0.0114. The van der Waals surface area contributed by atoms with E-state index in [-0.39, 0.29) is 12.2 Å². The Kier molecular flexibility index (Phi) is 4.94. The Labute approximate surface area is 130 Å². The number of nitrogens with zero attached hydrogens (tertiary/aromatic N) is 1. The molecule has 21 heavy (non-hydrogen) atoms. The van der Waals surface area contributed by atoms with E-state index in [0.29, 0.717) is 16.9 Å². The maximum Gasteiger partial charge on any atom is 0.140 e. The Morgan fingerprint density at radius 1 is 1.33 bits per heavy atom. The summed E-state index contributed by atoms with van der Waals surface area (Å²) in [6.45, 7) is 1.84. The Bertz CT molecular complexity index is 695. The van der Waals surface area contributed by atoms with Gasteiger partial charge in [-0.25, -0.2) is 4.39 Å². The lowest BCUT2D eigenvalue weighted by Crippen LogP contribution is -2.01. The molecule has 3 nitrogen and oxygen atoms in total. The van der Waals surface area contributed by atoms with Crippen LogP contribution in [-0.2, 0) is 6.61 Å². The first-order chi connectivity index (χ1) is 10.0. The van der Waals surface area contributed by atoms with Crippen LogP contribution in [0.4, 0.5) is 4.39 Å². The number of nitriles is 1. The van der Waals surface area contributed by atoms with E-state index in [1.54, 1.807) is 31.2 Å². The van der Waals surface area contributed by atoms with Gasteiger partial charge in [0.2, 0.25) is 0 Å². The zero-order valence-corrected chi connectivity index (χ0v) is 12.9. The van der Waals surface area contributed by atoms with Crippen LogP contribution in [0.5, 0.6) is 5.75 Å². The number of hydrogen-bond donors (Lipinski definition) is 1. The lowest BCUT2D eigenvalue weighted by atomic mass is 10.1. The van der Waals surface area contributed by atoms with E-state index in [9.17, 15) is 9.50 Å². The van der Waals surface area contributed by atoms with Gasteiger partial charge in [0, 0.05) is 10.0 Å². The van der Waals surface area contributed by atoms with Gasteiger partial charge in [0.25, 0.3) is 0 Å². The molecule has 2 rings (SSSR count). The van der Waals surface area contributed by atoms with Gasteiger partial charge in [0.05, 0.1) is 11.7 Å². The van der Waals surface area contributed by atoms with Crippen LogP contribution >= 0.6 is 15.9 Å². The summed E-state index contributed by atoms with van der Waals surface area (Å²) in [4.78, 5) is 0. The molecule has 1 atom stereocenters. The molecule has 0 fully saturated rings. The number of benzene rings is 2. The molecule has 0 amide bonds. The summed E-state index contributed by atoms with van der Waals surface area (Å²) in [5, 5.41) is 18.6. The first-order valence-corrected chi connectivity index (χ1v) is 7.09. The fourth-order valence-corrected chi connectivity index (χ4v) is 2.27. The van der Waals surface area contributed by atoms with Gasteiger partial charge in [-0.3, -0.25) is 0 Å². The quantitative estimate of drug-likeness (QED) is 0.904. The van der Waals surface area contributed by atoms with Crippen molar-refractivity contribution < 1.29 is 14.2 Å². The highest BCUT2D eigenvalue weighted by Gasteiger charge is 2.10. The van der Waals surface area contributed by atoms with E-state index in [1.807, 2.05) is 6.07 Å². The molecule has 2 aromatic carbocycles. The summed E-state index contributed by atoms with van der Waals surface area (Å²) in [5.41, 5.74) is 1.34. The predicted octanol–water partition coefficient (Wildman–Crippen LogP) is 4.09. The van der Waals surface area contributed by atoms with Crippen molar-refractivity contribution in [3.05, 3.63) is 63.4 Å². The van der Waals surface area contributed by atoms with Crippen molar-refractivity contribution in [3.8, 4) is 11.8 Å². The zero-order valence-electron chi connectivity index (χ0n) is 11.3. The number of aliphatic hydroxyl groups excluding tert-OH is 1. The van der Waals surface area contributed by atoms with Gasteiger partial charge in [0.1, 0.15) is 24.2 Å². The topological polar surface area (TPSA) is 53.2 Å². The molecule has 1 N–H and O–H groups in total. The maximum absolute atomic E-state index is 13.2. The Hall–Kier alpha value is -1.90. The second-order valence-electron chi connectivity index (χ2n) is 4.57. The van der Waals surface area contributed by atoms with E-state index in [0.717, 1.165) is 4.47 Å². The van der Waals surface area contributed by atoms with Crippen molar-refractivity contribution in [2.75, 3.05) is 0 Å². The number of halogens is 2. The third kappa shape index (κ3) is 3.81. The molecule has 0 aliphatic heterocycles. The maximum atomic E-state index is 13.2. The Balaban J connectivity index is 2.19. The third-order valence-electron chi connectivity index (χ3n) is 2.97. The van der Waals surface area contributed by atoms with Gasteiger partial charge in [0.15, 0.2) is 0 Å². The van der Waals surface area contributed by atoms with Crippen molar-refractivity contribution in [1.82, 2.24) is 0 Å². The summed E-state index contributed by atoms with van der Waals surface area (Å²) in [5.74, 6) is 0.00518. The molecule has 0 saturated carbocycles. The van der Waals surface area contributed by atoms with Crippen molar-refractivity contribution >= 4 is 15.9 Å². The molecular weight excluding hydrogens is 337 g/mol. The van der Waals surface area contributed by atoms with Crippen LogP contribution in [0, 0.1) is 17.1 Å². The van der Waals surface area contributed by atoms with Crippen LogP contribution in [0.15, 0.2) is 40.9 Å². The van der Waals surface area contributed by atoms with Gasteiger partial charge >= 0.3 is 0 Å². The smallest absolute Gasteiger partial charge is 0.140 e. The van der Waals surface area contributed by atoms with Gasteiger partial charge in [-0.1, -0.05) is 22.0 Å². The van der Waals surface area contributed by atoms with Gasteiger partial charge < -0.3 is 9.84 Å². The summed E-state index contributed by atoms with van der Waals surface area (Å²) in [6.07, 6.45) is -0.666. The molecule has 108 valence electrons.